The second kappa shape index (κ2) is 16.1. The van der Waals surface area contributed by atoms with Crippen LogP contribution in [0.25, 0.3) is 0 Å². The van der Waals surface area contributed by atoms with Crippen LogP contribution in [-0.4, -0.2) is 52.3 Å². The van der Waals surface area contributed by atoms with Crippen molar-refractivity contribution in [2.24, 2.45) is 0 Å². The number of hydrogen-bond donors (Lipinski definition) is 0. The smallest absolute Gasteiger partial charge is 0.417 e. The van der Waals surface area contributed by atoms with Gasteiger partial charge in [0.15, 0.2) is 0 Å². The molecule has 1 atom stereocenters. The van der Waals surface area contributed by atoms with Crippen molar-refractivity contribution < 1.29 is 26.9 Å². The van der Waals surface area contributed by atoms with Crippen molar-refractivity contribution in [3.63, 3.8) is 0 Å². The van der Waals surface area contributed by atoms with Crippen LogP contribution in [-0.2, 0) is 34.9 Å². The average Bonchev–Trinajstić information content (AvgIpc) is 3.02. The normalized spacial score (nSPS) is 12.4. The van der Waals surface area contributed by atoms with E-state index in [4.69, 9.17) is 16.3 Å². The molecule has 10 heteroatoms. The lowest BCUT2D eigenvalue weighted by atomic mass is 9.90. The molecule has 5 nitrogen and oxygen atoms in total. The number of amides is 1. The van der Waals surface area contributed by atoms with Crippen molar-refractivity contribution in [1.29, 1.82) is 0 Å². The van der Waals surface area contributed by atoms with Gasteiger partial charge in [-0.05, 0) is 46.9 Å². The third kappa shape index (κ3) is 9.91. The third-order valence-corrected chi connectivity index (χ3v) is 8.92. The molecule has 0 spiro atoms. The highest BCUT2D eigenvalue weighted by Crippen LogP contribution is 2.37. The second-order valence-electron chi connectivity index (χ2n) is 10.7. The van der Waals surface area contributed by atoms with Crippen LogP contribution in [0.4, 0.5) is 13.2 Å². The zero-order chi connectivity index (χ0) is 32.4. The van der Waals surface area contributed by atoms with Crippen molar-refractivity contribution in [2.75, 3.05) is 33.0 Å². The fourth-order valence-corrected chi connectivity index (χ4v) is 5.73. The molecule has 0 aromatic heterocycles. The molecule has 0 saturated carbocycles. The van der Waals surface area contributed by atoms with Gasteiger partial charge in [0.2, 0.25) is 5.91 Å². The predicted octanol–water partition coefficient (Wildman–Crippen LogP) is 7.76. The highest BCUT2D eigenvalue weighted by atomic mass is 35.5. The number of benzene rings is 4. The molecule has 0 fully saturated rings. The predicted molar refractivity (Wildman–Crippen MR) is 174 cm³/mol. The Labute approximate surface area is 270 Å². The number of carbonyl (C=O) groups is 1. The lowest BCUT2D eigenvalue weighted by molar-refractivity contribution is -0.137. The van der Waals surface area contributed by atoms with Gasteiger partial charge in [-0.15, -0.1) is 0 Å². The van der Waals surface area contributed by atoms with Crippen molar-refractivity contribution in [2.45, 2.75) is 31.5 Å². The van der Waals surface area contributed by atoms with E-state index < -0.39 is 22.7 Å². The third-order valence-electron chi connectivity index (χ3n) is 7.50. The number of carbonyl (C=O) groups excluding carboxylic acids is 1. The molecular formula is C35H36ClF3N2O3S. The van der Waals surface area contributed by atoms with Crippen molar-refractivity contribution in [3.8, 4) is 5.75 Å². The highest BCUT2D eigenvalue weighted by molar-refractivity contribution is 7.82. The molecule has 238 valence electrons. The molecule has 0 bridgehead atoms. The van der Waals surface area contributed by atoms with E-state index in [-0.39, 0.29) is 29.8 Å². The van der Waals surface area contributed by atoms with Crippen LogP contribution in [0, 0.1) is 0 Å². The minimum absolute atomic E-state index is 0.0253. The van der Waals surface area contributed by atoms with Crippen LogP contribution in [0.1, 0.15) is 40.2 Å². The van der Waals surface area contributed by atoms with E-state index in [2.05, 4.69) is 29.2 Å². The minimum Gasteiger partial charge on any atom is -0.494 e. The summed E-state index contributed by atoms with van der Waals surface area (Å²) in [5.41, 5.74) is 2.50. The van der Waals surface area contributed by atoms with Crippen LogP contribution in [0.2, 0.25) is 5.02 Å². The van der Waals surface area contributed by atoms with E-state index in [9.17, 15) is 22.2 Å². The van der Waals surface area contributed by atoms with Crippen molar-refractivity contribution >= 4 is 28.5 Å². The summed E-state index contributed by atoms with van der Waals surface area (Å²) in [5.74, 6) is 0.311. The van der Waals surface area contributed by atoms with Gasteiger partial charge in [0.1, 0.15) is 16.7 Å². The number of halogens is 4. The summed E-state index contributed by atoms with van der Waals surface area (Å²) < 4.78 is 59.8. The molecule has 0 radical (unpaired) electrons. The number of nitrogens with zero attached hydrogens (tertiary/aromatic N) is 2. The number of hydrogen-bond acceptors (Lipinski definition) is 4. The zero-order valence-electron chi connectivity index (χ0n) is 25.2. The molecule has 4 rings (SSSR count). The lowest BCUT2D eigenvalue weighted by Crippen LogP contribution is -2.31. The lowest BCUT2D eigenvalue weighted by Gasteiger charge is -2.29. The Morgan fingerprint density at radius 1 is 0.911 bits per heavy atom. The van der Waals surface area contributed by atoms with E-state index in [1.54, 1.807) is 24.3 Å². The molecule has 45 heavy (non-hydrogen) atoms. The van der Waals surface area contributed by atoms with Gasteiger partial charge in [0, 0.05) is 38.9 Å². The Morgan fingerprint density at radius 2 is 1.53 bits per heavy atom. The summed E-state index contributed by atoms with van der Waals surface area (Å²) in [6.07, 6.45) is -2.42. The molecular weight excluding hydrogens is 621 g/mol. The summed E-state index contributed by atoms with van der Waals surface area (Å²) >= 11 is 6.32. The molecule has 0 aliphatic rings. The van der Waals surface area contributed by atoms with Gasteiger partial charge >= 0.3 is 6.18 Å². The zero-order valence-corrected chi connectivity index (χ0v) is 26.7. The Balaban J connectivity index is 1.51. The van der Waals surface area contributed by atoms with Crippen LogP contribution in [0.15, 0.2) is 103 Å². The minimum atomic E-state index is -4.55. The standard InChI is InChI=1S/C35H36ClF3N2O3S/c1-40(45(2)43)33(42)23-26-12-9-18-30(22-26)44-21-11-20-41(24-29-17-10-19-32(34(29)36)35(37,38)39)25-31(27-13-5-3-6-14-27)28-15-7-4-8-16-28/h3-10,12-19,22,31H,11,20-21,23-25H2,1-2H3. The molecule has 4 aromatic carbocycles. The first-order valence-corrected chi connectivity index (χ1v) is 16.4. The molecule has 1 amide bonds. The summed E-state index contributed by atoms with van der Waals surface area (Å²) in [4.78, 5) is 14.5. The fourth-order valence-electron chi connectivity index (χ4n) is 5.08. The van der Waals surface area contributed by atoms with E-state index in [0.717, 1.165) is 22.8 Å². The average molecular weight is 657 g/mol. The van der Waals surface area contributed by atoms with Gasteiger partial charge in [0.25, 0.3) is 0 Å². The van der Waals surface area contributed by atoms with E-state index >= 15 is 0 Å². The van der Waals surface area contributed by atoms with Crippen LogP contribution >= 0.6 is 11.6 Å². The number of likely N-dealkylation sites (N-methyl/N-ethyl adjacent to an activating group) is 1. The first-order chi connectivity index (χ1) is 21.5. The monoisotopic (exact) mass is 656 g/mol. The Hall–Kier alpha value is -3.66. The summed E-state index contributed by atoms with van der Waals surface area (Å²) in [6.45, 7) is 1.66. The maximum atomic E-state index is 13.7. The van der Waals surface area contributed by atoms with Crippen molar-refractivity contribution in [3.05, 3.63) is 136 Å². The molecule has 0 aliphatic carbocycles. The van der Waals surface area contributed by atoms with Gasteiger partial charge in [-0.2, -0.15) is 13.2 Å². The Bertz CT molecular complexity index is 1530. The summed E-state index contributed by atoms with van der Waals surface area (Å²) in [7, 11) is 0.0995. The van der Waals surface area contributed by atoms with E-state index in [1.165, 1.54) is 23.7 Å². The molecule has 4 aromatic rings. The first kappa shape index (κ1) is 34.2. The van der Waals surface area contributed by atoms with Gasteiger partial charge in [-0.25, -0.2) is 4.21 Å². The van der Waals surface area contributed by atoms with E-state index in [0.29, 0.717) is 37.4 Å². The topological polar surface area (TPSA) is 49.9 Å². The van der Waals surface area contributed by atoms with Crippen molar-refractivity contribution in [1.82, 2.24) is 9.21 Å². The van der Waals surface area contributed by atoms with Gasteiger partial charge in [-0.3, -0.25) is 14.0 Å². The Morgan fingerprint density at radius 3 is 2.13 bits per heavy atom. The maximum Gasteiger partial charge on any atom is 0.417 e. The quantitative estimate of drug-likeness (QED) is 0.130. The molecule has 0 saturated heterocycles. The van der Waals surface area contributed by atoms with Gasteiger partial charge < -0.3 is 4.74 Å². The van der Waals surface area contributed by atoms with Crippen LogP contribution in [0.3, 0.4) is 0 Å². The first-order valence-electron chi connectivity index (χ1n) is 14.5. The second-order valence-corrected chi connectivity index (χ2v) is 12.5. The number of alkyl halides is 3. The SMILES string of the molecule is CN(C(=O)Cc1cccc(OCCCN(Cc2cccc(C(F)(F)F)c2Cl)CC(c2ccccc2)c2ccccc2)c1)S(C)=O. The maximum absolute atomic E-state index is 13.7. The van der Waals surface area contributed by atoms with Gasteiger partial charge in [-0.1, -0.05) is 96.5 Å². The molecule has 0 N–H and O–H groups in total. The van der Waals surface area contributed by atoms with Crippen LogP contribution < -0.4 is 4.74 Å². The largest absolute Gasteiger partial charge is 0.494 e. The number of rotatable bonds is 14. The Kier molecular flexibility index (Phi) is 12.2. The van der Waals surface area contributed by atoms with Gasteiger partial charge in [0.05, 0.1) is 23.6 Å². The molecule has 1 unspecified atom stereocenters. The number of ether oxygens (including phenoxy) is 1. The molecule has 0 heterocycles. The summed E-state index contributed by atoms with van der Waals surface area (Å²) in [5, 5.41) is -0.286. The van der Waals surface area contributed by atoms with Crippen LogP contribution in [0.5, 0.6) is 5.75 Å². The molecule has 0 aliphatic heterocycles. The summed E-state index contributed by atoms with van der Waals surface area (Å²) in [6, 6.07) is 31.3. The highest BCUT2D eigenvalue weighted by Gasteiger charge is 2.34. The fraction of sp³-hybridized carbons (Fsp3) is 0.286. The van der Waals surface area contributed by atoms with E-state index in [1.807, 2.05) is 42.5 Å².